The molecule has 0 aromatic heterocycles. The van der Waals surface area contributed by atoms with Crippen molar-refractivity contribution >= 4 is 18.2 Å². The van der Waals surface area contributed by atoms with E-state index in [9.17, 15) is 4.79 Å². The molecule has 1 aromatic carbocycles. The first-order chi connectivity index (χ1) is 34.5. The van der Waals surface area contributed by atoms with Gasteiger partial charge in [0.1, 0.15) is 18.3 Å². The highest BCUT2D eigenvalue weighted by atomic mass is 32.2. The first kappa shape index (κ1) is 57.5. The van der Waals surface area contributed by atoms with Gasteiger partial charge in [0.15, 0.2) is 24.9 Å². The molecule has 358 valence electrons. The summed E-state index contributed by atoms with van der Waals surface area (Å²) < 4.78 is 35.4. The first-order valence-corrected chi connectivity index (χ1v) is 23.9. The van der Waals surface area contributed by atoms with Gasteiger partial charge in [-0.2, -0.15) is 0 Å². The van der Waals surface area contributed by atoms with Crippen LogP contribution in [0.15, 0.2) is 42.5 Å². The number of rotatable bonds is 23. The Kier molecular flexibility index (Phi) is 32.1. The minimum Gasteiger partial charge on any atom is -0.350 e. The maximum absolute atomic E-state index is 13.2. The Morgan fingerprint density at radius 2 is 1.29 bits per heavy atom. The van der Waals surface area contributed by atoms with Gasteiger partial charge in [0.2, 0.25) is 0 Å². The summed E-state index contributed by atoms with van der Waals surface area (Å²) in [6.45, 7) is 8.49. The number of nitrogens with one attached hydrogen (secondary N) is 1. The second-order valence-electron chi connectivity index (χ2n) is 15.6. The SMILES string of the molecule is CC#CC#CC#CC#CC#CC#CC#CC#CC#CC#CC#CC#CC(=O)N[C@@H](COC1CC(OSOOO)C2OC(c3ccccc3)OCC2O1)[C@H](C)[C@H](C)CC=CCCCCCCCCCCC. The molecule has 0 aliphatic carbocycles. The van der Waals surface area contributed by atoms with E-state index in [0.29, 0.717) is 12.3 Å². The zero-order valence-corrected chi connectivity index (χ0v) is 41.0. The summed E-state index contributed by atoms with van der Waals surface area (Å²) in [6, 6.07) is 9.10. The zero-order valence-electron chi connectivity index (χ0n) is 40.2. The number of fused-ring (bicyclic) bond motifs is 1. The van der Waals surface area contributed by atoms with Crippen LogP contribution in [0.4, 0.5) is 0 Å². The van der Waals surface area contributed by atoms with Crippen LogP contribution in [-0.4, -0.2) is 55.0 Å². The van der Waals surface area contributed by atoms with E-state index < -0.39 is 42.8 Å². The molecule has 1 aromatic rings. The molecule has 3 rings (SSSR count). The quantitative estimate of drug-likeness (QED) is 0.0278. The monoisotopic (exact) mass is 955 g/mol. The lowest BCUT2D eigenvalue weighted by Gasteiger charge is -2.45. The summed E-state index contributed by atoms with van der Waals surface area (Å²) in [5, 5.41) is 15.5. The Labute approximate surface area is 421 Å². The van der Waals surface area contributed by atoms with E-state index in [1.54, 1.807) is 6.92 Å². The van der Waals surface area contributed by atoms with Crippen molar-refractivity contribution in [1.82, 2.24) is 5.32 Å². The van der Waals surface area contributed by atoms with Crippen molar-refractivity contribution in [3.8, 4) is 142 Å². The molecule has 1 amide bonds. The van der Waals surface area contributed by atoms with Crippen molar-refractivity contribution < 1.29 is 42.6 Å². The highest BCUT2D eigenvalue weighted by molar-refractivity contribution is 7.89. The summed E-state index contributed by atoms with van der Waals surface area (Å²) in [7, 11) is 0. The van der Waals surface area contributed by atoms with Crippen LogP contribution in [0.3, 0.4) is 0 Å². The Morgan fingerprint density at radius 1 is 0.743 bits per heavy atom. The van der Waals surface area contributed by atoms with E-state index in [1.807, 2.05) is 30.3 Å². The minimum atomic E-state index is -0.755. The molecular formula is C59H57NO9S. The van der Waals surface area contributed by atoms with Gasteiger partial charge in [-0.3, -0.25) is 8.98 Å². The van der Waals surface area contributed by atoms with Crippen LogP contribution >= 0.6 is 12.3 Å². The van der Waals surface area contributed by atoms with Crippen molar-refractivity contribution in [2.45, 2.75) is 142 Å². The van der Waals surface area contributed by atoms with E-state index in [2.05, 4.69) is 190 Å². The van der Waals surface area contributed by atoms with Gasteiger partial charge in [0, 0.05) is 53.4 Å². The van der Waals surface area contributed by atoms with E-state index in [-0.39, 0.29) is 31.5 Å². The van der Waals surface area contributed by atoms with E-state index in [4.69, 9.17) is 28.4 Å². The number of carbonyl (C=O) groups is 1. The van der Waals surface area contributed by atoms with Gasteiger partial charge >= 0.3 is 0 Å². The second kappa shape index (κ2) is 39.1. The Balaban J connectivity index is 1.59. The lowest BCUT2D eigenvalue weighted by molar-refractivity contribution is -0.435. The molecule has 8 atom stereocenters. The Morgan fingerprint density at radius 3 is 1.84 bits per heavy atom. The van der Waals surface area contributed by atoms with Crippen LogP contribution in [0.1, 0.15) is 117 Å². The summed E-state index contributed by atoms with van der Waals surface area (Å²) in [4.78, 5) is 13.2. The van der Waals surface area contributed by atoms with E-state index >= 15 is 0 Å². The smallest absolute Gasteiger partial charge is 0.297 e. The number of carbonyl (C=O) groups excluding carboxylic acids is 1. The van der Waals surface area contributed by atoms with E-state index in [0.717, 1.165) is 18.4 Å². The van der Waals surface area contributed by atoms with Gasteiger partial charge in [-0.15, -0.1) is 4.33 Å². The first-order valence-electron chi connectivity index (χ1n) is 23.2. The molecule has 70 heavy (non-hydrogen) atoms. The highest BCUT2D eigenvalue weighted by Crippen LogP contribution is 2.37. The lowest BCUT2D eigenvalue weighted by Crippen LogP contribution is -2.56. The molecule has 0 saturated carbocycles. The third kappa shape index (κ3) is 26.7. The van der Waals surface area contributed by atoms with Crippen molar-refractivity contribution in [2.75, 3.05) is 13.2 Å². The number of amides is 1. The van der Waals surface area contributed by atoms with Crippen LogP contribution in [0, 0.1) is 154 Å². The minimum absolute atomic E-state index is 0.0217. The lowest BCUT2D eigenvalue weighted by atomic mass is 9.86. The molecule has 2 N–H and O–H groups in total. The summed E-state index contributed by atoms with van der Waals surface area (Å²) >= 11 is 0.464. The van der Waals surface area contributed by atoms with Crippen LogP contribution in [-0.2, 0) is 37.3 Å². The molecule has 2 saturated heterocycles. The number of allylic oxidation sites excluding steroid dienone is 2. The topological polar surface area (TPSA) is 114 Å². The van der Waals surface area contributed by atoms with Crippen molar-refractivity contribution in [1.29, 1.82) is 0 Å². The Bertz CT molecular complexity index is 2630. The molecule has 2 aliphatic rings. The van der Waals surface area contributed by atoms with E-state index in [1.165, 1.54) is 57.8 Å². The number of ether oxygens (including phenoxy) is 4. The van der Waals surface area contributed by atoms with Gasteiger partial charge in [-0.25, -0.2) is 5.26 Å². The van der Waals surface area contributed by atoms with Crippen molar-refractivity contribution in [3.63, 3.8) is 0 Å². The zero-order chi connectivity index (χ0) is 50.0. The molecule has 0 radical (unpaired) electrons. The highest BCUT2D eigenvalue weighted by Gasteiger charge is 2.46. The van der Waals surface area contributed by atoms with Crippen molar-refractivity contribution in [2.24, 2.45) is 11.8 Å². The normalized spacial score (nSPS) is 17.9. The molecule has 2 aliphatic heterocycles. The van der Waals surface area contributed by atoms with Crippen molar-refractivity contribution in [3.05, 3.63) is 48.0 Å². The van der Waals surface area contributed by atoms with Gasteiger partial charge in [-0.1, -0.05) is 126 Å². The number of hydrogen-bond donors (Lipinski definition) is 2. The maximum atomic E-state index is 13.2. The molecule has 2 fully saturated rings. The fraction of sp³-hybridized carbons (Fsp3) is 0.441. The largest absolute Gasteiger partial charge is 0.350 e. The molecule has 10 nitrogen and oxygen atoms in total. The molecule has 5 unspecified atom stereocenters. The van der Waals surface area contributed by atoms with Gasteiger partial charge in [0.25, 0.3) is 5.91 Å². The summed E-state index contributed by atoms with van der Waals surface area (Å²) in [6.07, 6.45) is 15.2. The number of unbranched alkanes of at least 4 members (excludes halogenated alkanes) is 9. The molecule has 0 bridgehead atoms. The predicted molar refractivity (Wildman–Crippen MR) is 271 cm³/mol. The van der Waals surface area contributed by atoms with Gasteiger partial charge in [0.05, 0.1) is 19.3 Å². The van der Waals surface area contributed by atoms with Crippen LogP contribution in [0.5, 0.6) is 0 Å². The molecule has 2 heterocycles. The maximum Gasteiger partial charge on any atom is 0.297 e. The van der Waals surface area contributed by atoms with Gasteiger partial charge in [-0.05, 0) is 133 Å². The number of hydrogen-bond acceptors (Lipinski definition) is 10. The molecule has 0 spiro atoms. The Hall–Kier alpha value is -6.82. The predicted octanol–water partition coefficient (Wildman–Crippen LogP) is 8.29. The second-order valence-corrected chi connectivity index (χ2v) is 16.0. The molecule has 11 heteroatoms. The third-order valence-electron chi connectivity index (χ3n) is 10.5. The van der Waals surface area contributed by atoms with Crippen LogP contribution in [0.2, 0.25) is 0 Å². The molecular weight excluding hydrogens is 899 g/mol. The fourth-order valence-electron chi connectivity index (χ4n) is 6.76. The average Bonchev–Trinajstić information content (AvgIpc) is 3.38. The fourth-order valence-corrected chi connectivity index (χ4v) is 7.10. The summed E-state index contributed by atoms with van der Waals surface area (Å²) in [5.74, 6) is 60.7. The summed E-state index contributed by atoms with van der Waals surface area (Å²) in [5.41, 5.74) is 0.847. The van der Waals surface area contributed by atoms with Crippen LogP contribution < -0.4 is 5.32 Å². The van der Waals surface area contributed by atoms with Crippen LogP contribution in [0.25, 0.3) is 0 Å². The average molecular weight is 956 g/mol. The third-order valence-corrected chi connectivity index (χ3v) is 11.0. The standard InChI is InChI=1S/C59H57NO9S/c1-5-7-9-11-13-15-17-19-20-21-22-23-24-25-26-27-28-29-31-33-35-37-42-46-56(61)60-53(51(4)50(3)43-39-36-34-32-30-18-16-14-12-10-8-6-2)48-63-57-47-54(67-70-69-68-62)58-55(65-57)49-64-59(66-58)52-44-40-38-41-45-52/h36,38-41,44-45,50-51,53-55,57-59,62H,6,8,10,12,14,16,18,30,32,34,43,47-49H2,1-4H3,(H,60,61)/t50-,51-,53+,54?,55?,57?,58?,59?/m1/s1. The number of benzene rings is 1. The van der Waals surface area contributed by atoms with Gasteiger partial charge < -0.3 is 24.3 Å².